The molecule has 3 atom stereocenters. The molecule has 3 N–H and O–H groups in total. The van der Waals surface area contributed by atoms with Gasteiger partial charge in [0.2, 0.25) is 11.8 Å². The van der Waals surface area contributed by atoms with Gasteiger partial charge in [-0.2, -0.15) is 0 Å². The van der Waals surface area contributed by atoms with E-state index in [2.05, 4.69) is 36.5 Å². The number of aromatic hydroxyl groups is 2. The summed E-state index contributed by atoms with van der Waals surface area (Å²) >= 11 is 6.08. The highest BCUT2D eigenvalue weighted by atomic mass is 35.5. The summed E-state index contributed by atoms with van der Waals surface area (Å²) in [4.78, 5) is 56.4. The van der Waals surface area contributed by atoms with Crippen molar-refractivity contribution in [1.82, 2.24) is 15.1 Å². The van der Waals surface area contributed by atoms with Crippen LogP contribution in [0.1, 0.15) is 48.7 Å². The van der Waals surface area contributed by atoms with E-state index in [9.17, 15) is 29.4 Å². The minimum Gasteiger partial charge on any atom is -0.504 e. The smallest absolute Gasteiger partial charge is 0.287 e. The predicted molar refractivity (Wildman–Crippen MR) is 177 cm³/mol. The molecule has 0 bridgehead atoms. The number of piperidine rings is 1. The average Bonchev–Trinajstić information content (AvgIpc) is 3.45. The molecule has 246 valence electrons. The highest BCUT2D eigenvalue weighted by molar-refractivity contribution is 6.30. The number of hydrogen-bond donors (Lipinski definition) is 3. The van der Waals surface area contributed by atoms with E-state index < -0.39 is 28.9 Å². The summed E-state index contributed by atoms with van der Waals surface area (Å²) in [6.45, 7) is 4.71. The Bertz CT molecular complexity index is 1810. The molecule has 2 aromatic carbocycles. The molecule has 10 nitrogen and oxygen atoms in total. The fraction of sp³-hybridized carbons (Fsp3) is 0.389. The molecule has 47 heavy (non-hydrogen) atoms. The number of carbonyl (C=O) groups is 3. The van der Waals surface area contributed by atoms with Crippen LogP contribution in [0.4, 0.5) is 0 Å². The summed E-state index contributed by atoms with van der Waals surface area (Å²) in [5, 5.41) is 23.0. The topological polar surface area (TPSA) is 140 Å². The maximum absolute atomic E-state index is 14.0. The molecule has 2 aliphatic heterocycles. The second kappa shape index (κ2) is 13.3. The van der Waals surface area contributed by atoms with Crippen LogP contribution in [0.3, 0.4) is 0 Å². The first kappa shape index (κ1) is 32.4. The van der Waals surface area contributed by atoms with Crippen LogP contribution in [-0.4, -0.2) is 70.0 Å². The normalized spacial score (nSPS) is 22.2. The first-order valence-electron chi connectivity index (χ1n) is 16.0. The average molecular weight is 660 g/mol. The van der Waals surface area contributed by atoms with E-state index in [4.69, 9.17) is 16.0 Å². The number of likely N-dealkylation sites (tertiary alicyclic amines) is 2. The van der Waals surface area contributed by atoms with E-state index in [-0.39, 0.29) is 46.3 Å². The standard InChI is InChI=1S/C36H38ClN3O7/c1-36(21-40-14-4-6-33(40)44)13-3-2-5-26(36)23-11-15-39(16-12-23)35(46)27(17-22-7-9-24(37)10-8-22)38-34(45)32-19-28(41)25-18-29(42)30(43)20-31(25)47-32/h2-3,5,7-10,13,18-20,23,26-27,42-43H,4,6,11-12,14-17,21H2,1H3,(H,38,45)/t26?,27-,36?/m1/s1. The molecule has 3 aliphatic rings. The fourth-order valence-corrected chi connectivity index (χ4v) is 7.33. The zero-order chi connectivity index (χ0) is 33.3. The van der Waals surface area contributed by atoms with Gasteiger partial charge in [0.25, 0.3) is 5.91 Å². The van der Waals surface area contributed by atoms with Crippen LogP contribution in [0.5, 0.6) is 11.5 Å². The Morgan fingerprint density at radius 1 is 1.04 bits per heavy atom. The lowest BCUT2D eigenvalue weighted by Crippen LogP contribution is -2.53. The van der Waals surface area contributed by atoms with Crippen molar-refractivity contribution < 1.29 is 29.0 Å². The second-order valence-electron chi connectivity index (χ2n) is 13.0. The predicted octanol–water partition coefficient (Wildman–Crippen LogP) is 4.81. The number of fused-ring (bicyclic) bond motifs is 1. The number of benzene rings is 2. The monoisotopic (exact) mass is 659 g/mol. The van der Waals surface area contributed by atoms with E-state index in [1.54, 1.807) is 29.2 Å². The maximum atomic E-state index is 14.0. The van der Waals surface area contributed by atoms with Crippen LogP contribution < -0.4 is 10.7 Å². The molecular formula is C36H38ClN3O7. The van der Waals surface area contributed by atoms with Crippen molar-refractivity contribution in [2.45, 2.75) is 45.1 Å². The zero-order valence-corrected chi connectivity index (χ0v) is 26.9. The molecule has 0 radical (unpaired) electrons. The molecule has 1 aromatic heterocycles. The molecule has 1 aliphatic carbocycles. The molecule has 0 spiro atoms. The van der Waals surface area contributed by atoms with Gasteiger partial charge in [-0.25, -0.2) is 0 Å². The molecule has 2 unspecified atom stereocenters. The third-order valence-corrected chi connectivity index (χ3v) is 9.99. The lowest BCUT2D eigenvalue weighted by molar-refractivity contribution is -0.135. The van der Waals surface area contributed by atoms with Crippen molar-refractivity contribution in [2.24, 2.45) is 17.3 Å². The Labute approximate surface area is 277 Å². The van der Waals surface area contributed by atoms with Crippen LogP contribution >= 0.6 is 11.6 Å². The molecule has 3 heterocycles. The van der Waals surface area contributed by atoms with Crippen LogP contribution in [0, 0.1) is 17.3 Å². The largest absolute Gasteiger partial charge is 0.504 e. The van der Waals surface area contributed by atoms with Crippen molar-refractivity contribution in [3.05, 3.63) is 93.3 Å². The number of phenolic OH excluding ortho intramolecular Hbond substituents is 2. The molecule has 2 saturated heterocycles. The van der Waals surface area contributed by atoms with Crippen LogP contribution in [0.2, 0.25) is 5.02 Å². The first-order valence-corrected chi connectivity index (χ1v) is 16.4. The number of allylic oxidation sites excluding steroid dienone is 3. The molecule has 3 amide bonds. The highest BCUT2D eigenvalue weighted by Gasteiger charge is 2.41. The summed E-state index contributed by atoms with van der Waals surface area (Å²) in [6.07, 6.45) is 11.8. The quantitative estimate of drug-likeness (QED) is 0.295. The summed E-state index contributed by atoms with van der Waals surface area (Å²) < 4.78 is 5.63. The third kappa shape index (κ3) is 6.93. The second-order valence-corrected chi connectivity index (χ2v) is 13.5. The van der Waals surface area contributed by atoms with Gasteiger partial charge >= 0.3 is 0 Å². The minimum atomic E-state index is -0.960. The number of halogens is 1. The van der Waals surface area contributed by atoms with Crippen LogP contribution in [0.25, 0.3) is 11.0 Å². The van der Waals surface area contributed by atoms with E-state index in [0.29, 0.717) is 37.0 Å². The minimum absolute atomic E-state index is 0.0000552. The summed E-state index contributed by atoms with van der Waals surface area (Å²) in [6, 6.07) is 9.20. The van der Waals surface area contributed by atoms with Gasteiger partial charge in [0.1, 0.15) is 11.6 Å². The van der Waals surface area contributed by atoms with E-state index >= 15 is 0 Å². The van der Waals surface area contributed by atoms with Crippen LogP contribution in [-0.2, 0) is 16.0 Å². The Balaban J connectivity index is 1.18. The van der Waals surface area contributed by atoms with E-state index in [1.807, 2.05) is 4.90 Å². The lowest BCUT2D eigenvalue weighted by Gasteiger charge is -2.45. The molecule has 2 fully saturated rings. The van der Waals surface area contributed by atoms with Gasteiger partial charge in [0.15, 0.2) is 22.7 Å². The number of phenols is 2. The van der Waals surface area contributed by atoms with Gasteiger partial charge in [-0.15, -0.1) is 0 Å². The fourth-order valence-electron chi connectivity index (χ4n) is 7.20. The van der Waals surface area contributed by atoms with Gasteiger partial charge in [-0.05, 0) is 54.9 Å². The van der Waals surface area contributed by atoms with Gasteiger partial charge in [-0.3, -0.25) is 19.2 Å². The van der Waals surface area contributed by atoms with Crippen molar-refractivity contribution >= 4 is 40.3 Å². The third-order valence-electron chi connectivity index (χ3n) is 9.73. The van der Waals surface area contributed by atoms with Crippen LogP contribution in [0.15, 0.2) is 76.0 Å². The number of amides is 3. The Morgan fingerprint density at radius 2 is 1.77 bits per heavy atom. The molecule has 11 heteroatoms. The SMILES string of the molecule is CC1(CN2CCCC2=O)C=CC=CC1C1CCN(C(=O)[C@@H](Cc2ccc(Cl)cc2)NC(=O)c2cc(=O)c3cc(O)c(O)cc3o2)CC1. The van der Waals surface area contributed by atoms with E-state index in [1.165, 1.54) is 0 Å². The number of nitrogens with zero attached hydrogens (tertiary/aromatic N) is 2. The number of carbonyl (C=O) groups excluding carboxylic acids is 3. The molecule has 0 saturated carbocycles. The Kier molecular flexibility index (Phi) is 9.14. The van der Waals surface area contributed by atoms with Crippen molar-refractivity contribution in [2.75, 3.05) is 26.2 Å². The summed E-state index contributed by atoms with van der Waals surface area (Å²) in [5.74, 6) is -1.57. The summed E-state index contributed by atoms with van der Waals surface area (Å²) in [5.41, 5.74) is -0.0688. The summed E-state index contributed by atoms with van der Waals surface area (Å²) in [7, 11) is 0. The molecular weight excluding hydrogens is 622 g/mol. The van der Waals surface area contributed by atoms with Gasteiger partial charge in [-0.1, -0.05) is 55.0 Å². The molecule has 3 aromatic rings. The van der Waals surface area contributed by atoms with Gasteiger partial charge in [0, 0.05) is 61.6 Å². The van der Waals surface area contributed by atoms with Gasteiger partial charge in [0.05, 0.1) is 5.39 Å². The number of nitrogens with one attached hydrogen (secondary N) is 1. The lowest BCUT2D eigenvalue weighted by atomic mass is 9.65. The van der Waals surface area contributed by atoms with Gasteiger partial charge < -0.3 is 29.7 Å². The Morgan fingerprint density at radius 3 is 2.47 bits per heavy atom. The first-order chi connectivity index (χ1) is 22.5. The number of rotatable bonds is 8. The highest BCUT2D eigenvalue weighted by Crippen LogP contribution is 2.43. The zero-order valence-electron chi connectivity index (χ0n) is 26.2. The number of hydrogen-bond acceptors (Lipinski definition) is 7. The maximum Gasteiger partial charge on any atom is 0.287 e. The van der Waals surface area contributed by atoms with Crippen molar-refractivity contribution in [3.63, 3.8) is 0 Å². The Hall–Kier alpha value is -4.57. The van der Waals surface area contributed by atoms with E-state index in [0.717, 1.165) is 49.6 Å². The molecule has 6 rings (SSSR count). The van der Waals surface area contributed by atoms with Crippen molar-refractivity contribution in [1.29, 1.82) is 0 Å². The van der Waals surface area contributed by atoms with Crippen molar-refractivity contribution in [3.8, 4) is 11.5 Å².